The van der Waals surface area contributed by atoms with Gasteiger partial charge in [0.1, 0.15) is 11.3 Å². The van der Waals surface area contributed by atoms with E-state index in [9.17, 15) is 4.79 Å². The molecule has 0 unspecified atom stereocenters. The van der Waals surface area contributed by atoms with Crippen LogP contribution < -0.4 is 16.2 Å². The minimum atomic E-state index is -0.629. The van der Waals surface area contributed by atoms with Gasteiger partial charge < -0.3 is 16.2 Å². The van der Waals surface area contributed by atoms with Crippen LogP contribution >= 0.6 is 0 Å². The Hall–Kier alpha value is -3.35. The lowest BCUT2D eigenvalue weighted by Crippen LogP contribution is -2.13. The number of H-pyrrole nitrogens is 1. The van der Waals surface area contributed by atoms with Crippen molar-refractivity contribution in [1.82, 2.24) is 15.2 Å². The number of hydrogen-bond donors (Lipinski definition) is 3. The molecule has 0 aliphatic carbocycles. The normalized spacial score (nSPS) is 10.0. The van der Waals surface area contributed by atoms with E-state index < -0.39 is 5.91 Å². The van der Waals surface area contributed by atoms with Gasteiger partial charge in [-0.15, -0.1) is 0 Å². The number of rotatable bonds is 5. The van der Waals surface area contributed by atoms with Crippen molar-refractivity contribution in [3.63, 3.8) is 0 Å². The lowest BCUT2D eigenvalue weighted by molar-refractivity contribution is 0.100. The first-order valence-corrected chi connectivity index (χ1v) is 8.80. The predicted octanol–water partition coefficient (Wildman–Crippen LogP) is 4.06. The molecule has 142 valence electrons. The number of carbonyl (C=O) groups excluding carboxylic acids is 1. The number of nitrogens with zero attached hydrogens (tertiary/aromatic N) is 2. The van der Waals surface area contributed by atoms with Gasteiger partial charge in [-0.05, 0) is 36.8 Å². The van der Waals surface area contributed by atoms with E-state index in [2.05, 4.69) is 29.0 Å². The number of unbranched alkanes of at least 4 members (excludes halogenated alkanes) is 1. The Labute approximate surface area is 158 Å². The topological polar surface area (TPSA) is 120 Å². The average molecular weight is 367 g/mol. The van der Waals surface area contributed by atoms with Gasteiger partial charge in [0.15, 0.2) is 5.82 Å². The highest BCUT2D eigenvalue weighted by Gasteiger charge is 2.17. The third-order valence-corrected chi connectivity index (χ3v) is 3.79. The molecular formula is C20H25N5O2. The van der Waals surface area contributed by atoms with Crippen molar-refractivity contribution in [3.05, 3.63) is 53.7 Å². The smallest absolute Gasteiger partial charge is 0.254 e. The SMILES string of the molecule is CCCC.Cc1ccc(Oc2ccc(-c3[nH]nc(N)c3C(N)=O)cc2)nc1. The summed E-state index contributed by atoms with van der Waals surface area (Å²) in [4.78, 5) is 15.6. The highest BCUT2D eigenvalue weighted by Crippen LogP contribution is 2.28. The van der Waals surface area contributed by atoms with E-state index in [-0.39, 0.29) is 11.4 Å². The van der Waals surface area contributed by atoms with Crippen LogP contribution in [0.15, 0.2) is 42.6 Å². The van der Waals surface area contributed by atoms with Gasteiger partial charge in [-0.1, -0.05) is 32.8 Å². The maximum atomic E-state index is 11.5. The molecule has 27 heavy (non-hydrogen) atoms. The van der Waals surface area contributed by atoms with E-state index in [0.717, 1.165) is 11.1 Å². The van der Waals surface area contributed by atoms with Crippen LogP contribution in [0.1, 0.15) is 42.6 Å². The number of nitrogens with two attached hydrogens (primary N) is 2. The molecule has 2 heterocycles. The highest BCUT2D eigenvalue weighted by molar-refractivity contribution is 6.03. The summed E-state index contributed by atoms with van der Waals surface area (Å²) in [6, 6.07) is 10.8. The van der Waals surface area contributed by atoms with Crippen molar-refractivity contribution in [3.8, 4) is 22.9 Å². The lowest BCUT2D eigenvalue weighted by Gasteiger charge is -2.06. The molecule has 5 N–H and O–H groups in total. The number of nitrogen functional groups attached to an aromatic ring is 1. The van der Waals surface area contributed by atoms with E-state index in [0.29, 0.717) is 17.3 Å². The van der Waals surface area contributed by atoms with Crippen molar-refractivity contribution >= 4 is 11.7 Å². The molecule has 0 aliphatic heterocycles. The maximum Gasteiger partial charge on any atom is 0.254 e. The number of aromatic nitrogens is 3. The first kappa shape index (κ1) is 20.0. The molecule has 3 aromatic rings. The van der Waals surface area contributed by atoms with Crippen LogP contribution in [-0.2, 0) is 0 Å². The second-order valence-electron chi connectivity index (χ2n) is 6.02. The molecule has 1 aromatic carbocycles. The summed E-state index contributed by atoms with van der Waals surface area (Å²) in [6.07, 6.45) is 4.37. The van der Waals surface area contributed by atoms with Crippen LogP contribution in [0.4, 0.5) is 5.82 Å². The quantitative estimate of drug-likeness (QED) is 0.628. The molecule has 0 saturated carbocycles. The second kappa shape index (κ2) is 9.38. The van der Waals surface area contributed by atoms with Crippen molar-refractivity contribution in [1.29, 1.82) is 0 Å². The van der Waals surface area contributed by atoms with Crippen LogP contribution in [0.2, 0.25) is 0 Å². The Balaban J connectivity index is 0.000000596. The molecule has 1 amide bonds. The minimum Gasteiger partial charge on any atom is -0.439 e. The Morgan fingerprint density at radius 2 is 1.78 bits per heavy atom. The molecule has 0 saturated heterocycles. The van der Waals surface area contributed by atoms with E-state index >= 15 is 0 Å². The number of amides is 1. The lowest BCUT2D eigenvalue weighted by atomic mass is 10.1. The van der Waals surface area contributed by atoms with Gasteiger partial charge in [-0.25, -0.2) is 4.98 Å². The largest absolute Gasteiger partial charge is 0.439 e. The summed E-state index contributed by atoms with van der Waals surface area (Å²) in [5.41, 5.74) is 13.4. The third-order valence-electron chi connectivity index (χ3n) is 3.79. The van der Waals surface area contributed by atoms with E-state index in [4.69, 9.17) is 16.2 Å². The number of ether oxygens (including phenoxy) is 1. The molecule has 7 heteroatoms. The molecule has 0 bridgehead atoms. The van der Waals surface area contributed by atoms with Gasteiger partial charge in [-0.3, -0.25) is 9.89 Å². The van der Waals surface area contributed by atoms with Crippen LogP contribution in [0, 0.1) is 6.92 Å². The molecule has 0 spiro atoms. The fourth-order valence-electron chi connectivity index (χ4n) is 2.14. The fraction of sp³-hybridized carbons (Fsp3) is 0.250. The number of aryl methyl sites for hydroxylation is 1. The average Bonchev–Trinajstić information content (AvgIpc) is 3.06. The summed E-state index contributed by atoms with van der Waals surface area (Å²) < 4.78 is 5.65. The maximum absolute atomic E-state index is 11.5. The number of primary amides is 1. The van der Waals surface area contributed by atoms with Gasteiger partial charge >= 0.3 is 0 Å². The summed E-state index contributed by atoms with van der Waals surface area (Å²) >= 11 is 0. The van der Waals surface area contributed by atoms with Gasteiger partial charge in [-0.2, -0.15) is 5.10 Å². The molecular weight excluding hydrogens is 342 g/mol. The zero-order chi connectivity index (χ0) is 19.8. The second-order valence-corrected chi connectivity index (χ2v) is 6.02. The number of hydrogen-bond acceptors (Lipinski definition) is 5. The Morgan fingerprint density at radius 1 is 1.11 bits per heavy atom. The number of aromatic amines is 1. The highest BCUT2D eigenvalue weighted by atomic mass is 16.5. The van der Waals surface area contributed by atoms with E-state index in [1.54, 1.807) is 36.5 Å². The number of benzene rings is 1. The van der Waals surface area contributed by atoms with Gasteiger partial charge in [0.25, 0.3) is 5.91 Å². The van der Waals surface area contributed by atoms with Crippen molar-refractivity contribution < 1.29 is 9.53 Å². The molecule has 0 radical (unpaired) electrons. The first-order chi connectivity index (χ1) is 13.0. The van der Waals surface area contributed by atoms with Crippen LogP contribution in [0.3, 0.4) is 0 Å². The standard InChI is InChI=1S/C16H15N5O2.C4H10/c1-9-2-7-12(19-8-9)23-11-5-3-10(4-6-11)14-13(16(18)22)15(17)21-20-14;1-3-4-2/h2-8H,1H3,(H2,18,22)(H3,17,20,21);3-4H2,1-2H3. The molecule has 0 aliphatic rings. The molecule has 0 fully saturated rings. The van der Waals surface area contributed by atoms with Gasteiger partial charge in [0.05, 0.1) is 5.69 Å². The minimum absolute atomic E-state index is 0.0803. The van der Waals surface area contributed by atoms with E-state index in [1.165, 1.54) is 12.8 Å². The number of nitrogens with one attached hydrogen (secondary N) is 1. The number of anilines is 1. The Kier molecular flexibility index (Phi) is 6.93. The van der Waals surface area contributed by atoms with Crippen LogP contribution in [-0.4, -0.2) is 21.1 Å². The van der Waals surface area contributed by atoms with Crippen LogP contribution in [0.5, 0.6) is 11.6 Å². The van der Waals surface area contributed by atoms with Gasteiger partial charge in [0.2, 0.25) is 5.88 Å². The third kappa shape index (κ3) is 5.31. The molecule has 7 nitrogen and oxygen atoms in total. The zero-order valence-corrected chi connectivity index (χ0v) is 15.8. The number of carbonyl (C=O) groups is 1. The summed E-state index contributed by atoms with van der Waals surface area (Å²) in [7, 11) is 0. The molecule has 3 rings (SSSR count). The Morgan fingerprint density at radius 3 is 2.30 bits per heavy atom. The summed E-state index contributed by atoms with van der Waals surface area (Å²) in [5.74, 6) is 0.581. The monoisotopic (exact) mass is 367 g/mol. The van der Waals surface area contributed by atoms with Crippen molar-refractivity contribution in [2.45, 2.75) is 33.6 Å². The molecule has 0 atom stereocenters. The zero-order valence-electron chi connectivity index (χ0n) is 15.8. The summed E-state index contributed by atoms with van der Waals surface area (Å²) in [5, 5.41) is 6.54. The predicted molar refractivity (Wildman–Crippen MR) is 107 cm³/mol. The van der Waals surface area contributed by atoms with E-state index in [1.807, 2.05) is 13.0 Å². The first-order valence-electron chi connectivity index (χ1n) is 8.80. The summed E-state index contributed by atoms with van der Waals surface area (Å²) in [6.45, 7) is 6.32. The van der Waals surface area contributed by atoms with Gasteiger partial charge in [0, 0.05) is 17.8 Å². The Bertz CT molecular complexity index is 868. The molecule has 2 aromatic heterocycles. The number of pyridine rings is 1. The fourth-order valence-corrected chi connectivity index (χ4v) is 2.14. The van der Waals surface area contributed by atoms with Crippen LogP contribution in [0.25, 0.3) is 11.3 Å². The van der Waals surface area contributed by atoms with Crippen molar-refractivity contribution in [2.75, 3.05) is 5.73 Å². The van der Waals surface area contributed by atoms with Crippen molar-refractivity contribution in [2.24, 2.45) is 5.73 Å².